The molecular weight excluding hydrogens is 176 g/mol. The number of ether oxygens (including phenoxy) is 1. The van der Waals surface area contributed by atoms with Crippen LogP contribution in [0.4, 0.5) is 0 Å². The Bertz CT molecular complexity index is 218. The van der Waals surface area contributed by atoms with E-state index in [9.17, 15) is 4.79 Å². The molecule has 0 aromatic carbocycles. The number of esters is 1. The van der Waals surface area contributed by atoms with E-state index in [0.717, 1.165) is 18.8 Å². The van der Waals surface area contributed by atoms with E-state index in [1.54, 1.807) is 6.08 Å². The van der Waals surface area contributed by atoms with Gasteiger partial charge in [-0.3, -0.25) is 0 Å². The summed E-state index contributed by atoms with van der Waals surface area (Å²) in [5.74, 6) is 0.661. The smallest absolute Gasteiger partial charge is 0.330 e. The highest BCUT2D eigenvalue weighted by molar-refractivity contribution is 5.82. The van der Waals surface area contributed by atoms with E-state index in [1.165, 1.54) is 38.4 Å². The van der Waals surface area contributed by atoms with Gasteiger partial charge in [-0.1, -0.05) is 25.3 Å². The van der Waals surface area contributed by atoms with Gasteiger partial charge in [0.05, 0.1) is 7.11 Å². The van der Waals surface area contributed by atoms with Crippen molar-refractivity contribution in [1.29, 1.82) is 0 Å². The third kappa shape index (κ3) is 3.52. The van der Waals surface area contributed by atoms with Gasteiger partial charge in [-0.05, 0) is 31.6 Å². The third-order valence-electron chi connectivity index (χ3n) is 3.08. The average Bonchev–Trinajstić information content (AvgIpc) is 2.43. The van der Waals surface area contributed by atoms with Crippen LogP contribution in [-0.4, -0.2) is 13.1 Å². The first-order valence-electron chi connectivity index (χ1n) is 5.53. The molecule has 1 aliphatic rings. The van der Waals surface area contributed by atoms with Crippen molar-refractivity contribution in [1.82, 2.24) is 0 Å². The summed E-state index contributed by atoms with van der Waals surface area (Å²) in [6, 6.07) is 0. The predicted octanol–water partition coefficient (Wildman–Crippen LogP) is 3.08. The maximum absolute atomic E-state index is 11.0. The SMILES string of the molecule is CCC1CCC/C(=C\C(=O)OC)CC1. The summed E-state index contributed by atoms with van der Waals surface area (Å²) in [7, 11) is 1.44. The second-order valence-electron chi connectivity index (χ2n) is 4.03. The van der Waals surface area contributed by atoms with Crippen molar-refractivity contribution in [3.05, 3.63) is 11.6 Å². The molecule has 0 amide bonds. The standard InChI is InChI=1S/C12H20O2/c1-3-10-5-4-6-11(8-7-10)9-12(13)14-2/h9-10H,3-8H2,1-2H3/b11-9+. The predicted molar refractivity (Wildman–Crippen MR) is 57.0 cm³/mol. The molecule has 0 saturated heterocycles. The molecule has 0 aromatic rings. The van der Waals surface area contributed by atoms with Crippen molar-refractivity contribution in [3.63, 3.8) is 0 Å². The Morgan fingerprint density at radius 2 is 2.29 bits per heavy atom. The van der Waals surface area contributed by atoms with Crippen LogP contribution >= 0.6 is 0 Å². The van der Waals surface area contributed by atoms with E-state index in [4.69, 9.17) is 0 Å². The summed E-state index contributed by atoms with van der Waals surface area (Å²) in [5, 5.41) is 0. The minimum atomic E-state index is -0.199. The van der Waals surface area contributed by atoms with E-state index in [2.05, 4.69) is 11.7 Å². The summed E-state index contributed by atoms with van der Waals surface area (Å²) in [4.78, 5) is 11.0. The Kier molecular flexibility index (Phi) is 4.71. The fraction of sp³-hybridized carbons (Fsp3) is 0.750. The fourth-order valence-corrected chi connectivity index (χ4v) is 2.05. The lowest BCUT2D eigenvalue weighted by atomic mass is 9.98. The molecule has 1 aliphatic carbocycles. The fourth-order valence-electron chi connectivity index (χ4n) is 2.05. The van der Waals surface area contributed by atoms with Gasteiger partial charge in [0.25, 0.3) is 0 Å². The van der Waals surface area contributed by atoms with E-state index in [0.29, 0.717) is 0 Å². The second-order valence-corrected chi connectivity index (χ2v) is 4.03. The number of allylic oxidation sites excluding steroid dienone is 1. The number of carbonyl (C=O) groups excluding carboxylic acids is 1. The van der Waals surface area contributed by atoms with E-state index in [-0.39, 0.29) is 5.97 Å². The summed E-state index contributed by atoms with van der Waals surface area (Å²) in [6.45, 7) is 2.25. The molecule has 1 unspecified atom stereocenters. The number of hydrogen-bond acceptors (Lipinski definition) is 2. The summed E-state index contributed by atoms with van der Waals surface area (Å²) >= 11 is 0. The Labute approximate surface area is 86.3 Å². The van der Waals surface area contributed by atoms with Gasteiger partial charge in [0.1, 0.15) is 0 Å². The van der Waals surface area contributed by atoms with Gasteiger partial charge in [-0.25, -0.2) is 4.79 Å². The molecule has 0 spiro atoms. The van der Waals surface area contributed by atoms with Gasteiger partial charge >= 0.3 is 5.97 Å². The van der Waals surface area contributed by atoms with Crippen LogP contribution in [0.2, 0.25) is 0 Å². The summed E-state index contributed by atoms with van der Waals surface area (Å²) in [5.41, 5.74) is 1.27. The Morgan fingerprint density at radius 1 is 1.50 bits per heavy atom. The zero-order chi connectivity index (χ0) is 10.4. The first-order valence-corrected chi connectivity index (χ1v) is 5.53. The van der Waals surface area contributed by atoms with Crippen LogP contribution in [0.15, 0.2) is 11.6 Å². The molecule has 0 bridgehead atoms. The molecule has 0 heterocycles. The first-order chi connectivity index (χ1) is 6.76. The summed E-state index contributed by atoms with van der Waals surface area (Å²) in [6.07, 6.45) is 8.87. The number of rotatable bonds is 2. The highest BCUT2D eigenvalue weighted by atomic mass is 16.5. The molecule has 1 rings (SSSR count). The summed E-state index contributed by atoms with van der Waals surface area (Å²) < 4.78 is 4.63. The van der Waals surface area contributed by atoms with Crippen molar-refractivity contribution in [2.75, 3.05) is 7.11 Å². The van der Waals surface area contributed by atoms with Crippen LogP contribution in [0.1, 0.15) is 45.4 Å². The number of methoxy groups -OCH3 is 1. The van der Waals surface area contributed by atoms with Crippen LogP contribution in [0.25, 0.3) is 0 Å². The molecule has 2 heteroatoms. The van der Waals surface area contributed by atoms with Crippen LogP contribution < -0.4 is 0 Å². The van der Waals surface area contributed by atoms with Crippen LogP contribution in [0.3, 0.4) is 0 Å². The molecule has 0 aromatic heterocycles. The average molecular weight is 196 g/mol. The van der Waals surface area contributed by atoms with Crippen LogP contribution in [0.5, 0.6) is 0 Å². The van der Waals surface area contributed by atoms with Gasteiger partial charge < -0.3 is 4.74 Å². The molecule has 14 heavy (non-hydrogen) atoms. The van der Waals surface area contributed by atoms with Gasteiger partial charge in [-0.15, -0.1) is 0 Å². The maximum Gasteiger partial charge on any atom is 0.330 e. The van der Waals surface area contributed by atoms with Crippen molar-refractivity contribution >= 4 is 5.97 Å². The van der Waals surface area contributed by atoms with E-state index >= 15 is 0 Å². The lowest BCUT2D eigenvalue weighted by Gasteiger charge is -2.08. The molecule has 1 saturated carbocycles. The van der Waals surface area contributed by atoms with Crippen LogP contribution in [-0.2, 0) is 9.53 Å². The molecule has 0 radical (unpaired) electrons. The Morgan fingerprint density at radius 3 is 2.93 bits per heavy atom. The maximum atomic E-state index is 11.0. The van der Waals surface area contributed by atoms with Crippen molar-refractivity contribution < 1.29 is 9.53 Å². The highest BCUT2D eigenvalue weighted by Gasteiger charge is 2.13. The first kappa shape index (κ1) is 11.3. The molecule has 80 valence electrons. The lowest BCUT2D eigenvalue weighted by Crippen LogP contribution is -1.97. The van der Waals surface area contributed by atoms with Crippen molar-refractivity contribution in [2.24, 2.45) is 5.92 Å². The van der Waals surface area contributed by atoms with Crippen molar-refractivity contribution in [2.45, 2.75) is 45.4 Å². The van der Waals surface area contributed by atoms with E-state index < -0.39 is 0 Å². The molecular formula is C12H20O2. The second kappa shape index (κ2) is 5.84. The topological polar surface area (TPSA) is 26.3 Å². The zero-order valence-electron chi connectivity index (χ0n) is 9.21. The van der Waals surface area contributed by atoms with E-state index in [1.807, 2.05) is 0 Å². The number of carbonyl (C=O) groups is 1. The van der Waals surface area contributed by atoms with Gasteiger partial charge in [0, 0.05) is 6.08 Å². The molecule has 1 fully saturated rings. The Balaban J connectivity index is 2.49. The monoisotopic (exact) mass is 196 g/mol. The van der Waals surface area contributed by atoms with Gasteiger partial charge in [0.2, 0.25) is 0 Å². The Hall–Kier alpha value is -0.790. The minimum absolute atomic E-state index is 0.199. The third-order valence-corrected chi connectivity index (χ3v) is 3.08. The normalized spacial score (nSPS) is 25.9. The molecule has 0 N–H and O–H groups in total. The van der Waals surface area contributed by atoms with Gasteiger partial charge in [-0.2, -0.15) is 0 Å². The van der Waals surface area contributed by atoms with Crippen molar-refractivity contribution in [3.8, 4) is 0 Å². The highest BCUT2D eigenvalue weighted by Crippen LogP contribution is 2.28. The van der Waals surface area contributed by atoms with Crippen LogP contribution in [0, 0.1) is 5.92 Å². The molecule has 2 nitrogen and oxygen atoms in total. The largest absolute Gasteiger partial charge is 0.466 e. The lowest BCUT2D eigenvalue weighted by molar-refractivity contribution is -0.134. The molecule has 1 atom stereocenters. The van der Waals surface area contributed by atoms with Gasteiger partial charge in [0.15, 0.2) is 0 Å². The minimum Gasteiger partial charge on any atom is -0.466 e. The zero-order valence-corrected chi connectivity index (χ0v) is 9.21. The quantitative estimate of drug-likeness (QED) is 0.385. The molecule has 0 aliphatic heterocycles. The number of hydrogen-bond donors (Lipinski definition) is 0.